The summed E-state index contributed by atoms with van der Waals surface area (Å²) < 4.78 is 23.8. The van der Waals surface area contributed by atoms with E-state index in [0.717, 1.165) is 5.56 Å². The summed E-state index contributed by atoms with van der Waals surface area (Å²) in [5.41, 5.74) is 1.63. The van der Waals surface area contributed by atoms with Gasteiger partial charge < -0.3 is 14.8 Å². The van der Waals surface area contributed by atoms with Crippen molar-refractivity contribution in [3.05, 3.63) is 58.9 Å². The minimum absolute atomic E-state index is 0.290. The molecule has 2 rings (SSSR count). The van der Waals surface area contributed by atoms with E-state index >= 15 is 0 Å². The number of hydrogen-bond donors (Lipinski definition) is 1. The topological polar surface area (TPSA) is 47.6 Å². The van der Waals surface area contributed by atoms with Gasteiger partial charge in [-0.1, -0.05) is 6.07 Å². The van der Waals surface area contributed by atoms with Crippen LogP contribution in [0.1, 0.15) is 21.5 Å². The monoisotopic (exact) mass is 303 g/mol. The highest BCUT2D eigenvalue weighted by atomic mass is 19.1. The number of carbonyl (C=O) groups is 1. The van der Waals surface area contributed by atoms with Gasteiger partial charge in [0.05, 0.1) is 14.2 Å². The Morgan fingerprint density at radius 2 is 1.73 bits per heavy atom. The number of halogens is 1. The van der Waals surface area contributed by atoms with Crippen LogP contribution in [-0.2, 0) is 6.54 Å². The third-order valence-electron chi connectivity index (χ3n) is 3.30. The Morgan fingerprint density at radius 3 is 2.27 bits per heavy atom. The molecule has 0 unspecified atom stereocenters. The van der Waals surface area contributed by atoms with Gasteiger partial charge in [-0.2, -0.15) is 0 Å². The number of hydrogen-bond acceptors (Lipinski definition) is 3. The van der Waals surface area contributed by atoms with Gasteiger partial charge in [0.15, 0.2) is 0 Å². The lowest BCUT2D eigenvalue weighted by molar-refractivity contribution is 0.0950. The fourth-order valence-corrected chi connectivity index (χ4v) is 1.99. The van der Waals surface area contributed by atoms with Crippen molar-refractivity contribution in [2.45, 2.75) is 13.5 Å². The fourth-order valence-electron chi connectivity index (χ4n) is 1.99. The number of aryl methyl sites for hydroxylation is 1. The van der Waals surface area contributed by atoms with Crippen LogP contribution in [0.5, 0.6) is 11.5 Å². The van der Waals surface area contributed by atoms with Crippen LogP contribution in [0.3, 0.4) is 0 Å². The van der Waals surface area contributed by atoms with E-state index in [1.807, 2.05) is 0 Å². The van der Waals surface area contributed by atoms with Gasteiger partial charge in [-0.15, -0.1) is 0 Å². The van der Waals surface area contributed by atoms with E-state index in [1.165, 1.54) is 6.07 Å². The summed E-state index contributed by atoms with van der Waals surface area (Å²) in [6.07, 6.45) is 0. The molecule has 0 spiro atoms. The van der Waals surface area contributed by atoms with E-state index < -0.39 is 5.82 Å². The highest BCUT2D eigenvalue weighted by Crippen LogP contribution is 2.22. The van der Waals surface area contributed by atoms with Gasteiger partial charge in [0, 0.05) is 18.2 Å². The van der Waals surface area contributed by atoms with Crippen molar-refractivity contribution in [3.63, 3.8) is 0 Å². The molecule has 4 nitrogen and oxygen atoms in total. The van der Waals surface area contributed by atoms with Gasteiger partial charge in [-0.25, -0.2) is 4.39 Å². The molecule has 5 heteroatoms. The Bertz CT molecular complexity index is 663. The first-order chi connectivity index (χ1) is 10.5. The molecule has 0 fully saturated rings. The zero-order valence-corrected chi connectivity index (χ0v) is 12.8. The molecular weight excluding hydrogens is 285 g/mol. The Kier molecular flexibility index (Phi) is 4.99. The molecule has 1 N–H and O–H groups in total. The Balaban J connectivity index is 2.08. The number of methoxy groups -OCH3 is 2. The van der Waals surface area contributed by atoms with E-state index in [4.69, 9.17) is 9.47 Å². The second kappa shape index (κ2) is 6.93. The molecule has 0 saturated heterocycles. The molecule has 0 aliphatic heterocycles. The summed E-state index contributed by atoms with van der Waals surface area (Å²) in [6.45, 7) is 1.95. The highest BCUT2D eigenvalue weighted by Gasteiger charge is 2.09. The average molecular weight is 303 g/mol. The molecule has 1 amide bonds. The molecule has 2 aromatic rings. The Labute approximate surface area is 128 Å². The quantitative estimate of drug-likeness (QED) is 0.923. The average Bonchev–Trinajstić information content (AvgIpc) is 2.54. The minimum atomic E-state index is -0.393. The third-order valence-corrected chi connectivity index (χ3v) is 3.30. The molecule has 22 heavy (non-hydrogen) atoms. The summed E-state index contributed by atoms with van der Waals surface area (Å²) in [5.74, 6) is 0.561. The zero-order valence-electron chi connectivity index (χ0n) is 12.8. The number of benzene rings is 2. The predicted molar refractivity (Wildman–Crippen MR) is 81.9 cm³/mol. The molecule has 116 valence electrons. The number of rotatable bonds is 5. The van der Waals surface area contributed by atoms with Gasteiger partial charge in [0.25, 0.3) is 5.91 Å². The van der Waals surface area contributed by atoms with Crippen LogP contribution in [0.25, 0.3) is 0 Å². The van der Waals surface area contributed by atoms with E-state index in [1.54, 1.807) is 51.5 Å². The van der Waals surface area contributed by atoms with Crippen molar-refractivity contribution in [2.75, 3.05) is 14.2 Å². The molecule has 2 aromatic carbocycles. The molecule has 0 aliphatic carbocycles. The number of ether oxygens (including phenoxy) is 2. The van der Waals surface area contributed by atoms with Crippen molar-refractivity contribution in [2.24, 2.45) is 0 Å². The normalized spacial score (nSPS) is 10.2. The molecule has 0 bridgehead atoms. The maximum absolute atomic E-state index is 13.5. The van der Waals surface area contributed by atoms with Crippen LogP contribution in [0, 0.1) is 12.7 Å². The second-order valence-electron chi connectivity index (χ2n) is 4.87. The standard InChI is InChI=1S/C17H18FNO3/c1-11-4-5-13(8-16(11)18)17(20)19-10-12-6-14(21-2)9-15(7-12)22-3/h4-9H,10H2,1-3H3,(H,19,20). The predicted octanol–water partition coefficient (Wildman–Crippen LogP) is 3.08. The Morgan fingerprint density at radius 1 is 1.09 bits per heavy atom. The van der Waals surface area contributed by atoms with Gasteiger partial charge >= 0.3 is 0 Å². The summed E-state index contributed by atoms with van der Waals surface area (Å²) in [6, 6.07) is 9.77. The minimum Gasteiger partial charge on any atom is -0.497 e. The van der Waals surface area contributed by atoms with Gasteiger partial charge in [0.2, 0.25) is 0 Å². The summed E-state index contributed by atoms with van der Waals surface area (Å²) in [4.78, 5) is 12.1. The zero-order chi connectivity index (χ0) is 16.1. The molecule has 0 radical (unpaired) electrons. The second-order valence-corrected chi connectivity index (χ2v) is 4.87. The molecular formula is C17H18FNO3. The number of amides is 1. The lowest BCUT2D eigenvalue weighted by atomic mass is 10.1. The van der Waals surface area contributed by atoms with Crippen molar-refractivity contribution < 1.29 is 18.7 Å². The molecule has 0 aliphatic rings. The first-order valence-corrected chi connectivity index (χ1v) is 6.80. The molecule has 0 aromatic heterocycles. The maximum Gasteiger partial charge on any atom is 0.251 e. The van der Waals surface area contributed by atoms with Crippen LogP contribution in [0.4, 0.5) is 4.39 Å². The van der Waals surface area contributed by atoms with Gasteiger partial charge in [-0.05, 0) is 42.3 Å². The van der Waals surface area contributed by atoms with E-state index in [9.17, 15) is 9.18 Å². The van der Waals surface area contributed by atoms with E-state index in [2.05, 4.69) is 5.32 Å². The van der Waals surface area contributed by atoms with Crippen molar-refractivity contribution in [3.8, 4) is 11.5 Å². The summed E-state index contributed by atoms with van der Waals surface area (Å²) in [5, 5.41) is 2.75. The fraction of sp³-hybridized carbons (Fsp3) is 0.235. The third kappa shape index (κ3) is 3.75. The summed E-state index contributed by atoms with van der Waals surface area (Å²) in [7, 11) is 3.12. The number of carbonyl (C=O) groups excluding carboxylic acids is 1. The smallest absolute Gasteiger partial charge is 0.251 e. The molecule has 0 atom stereocenters. The van der Waals surface area contributed by atoms with Crippen molar-refractivity contribution in [1.82, 2.24) is 5.32 Å². The lowest BCUT2D eigenvalue weighted by Crippen LogP contribution is -2.23. The van der Waals surface area contributed by atoms with Crippen LogP contribution in [0.2, 0.25) is 0 Å². The number of nitrogens with one attached hydrogen (secondary N) is 1. The summed E-state index contributed by atoms with van der Waals surface area (Å²) >= 11 is 0. The van der Waals surface area contributed by atoms with E-state index in [-0.39, 0.29) is 11.5 Å². The van der Waals surface area contributed by atoms with Crippen LogP contribution >= 0.6 is 0 Å². The largest absolute Gasteiger partial charge is 0.497 e. The van der Waals surface area contributed by atoms with Gasteiger partial charge in [0.1, 0.15) is 17.3 Å². The van der Waals surface area contributed by atoms with E-state index in [0.29, 0.717) is 23.6 Å². The first-order valence-electron chi connectivity index (χ1n) is 6.80. The molecule has 0 heterocycles. The highest BCUT2D eigenvalue weighted by molar-refractivity contribution is 5.94. The van der Waals surface area contributed by atoms with Gasteiger partial charge in [-0.3, -0.25) is 4.79 Å². The lowest BCUT2D eigenvalue weighted by Gasteiger charge is -2.10. The van der Waals surface area contributed by atoms with Crippen LogP contribution < -0.4 is 14.8 Å². The van der Waals surface area contributed by atoms with Crippen molar-refractivity contribution >= 4 is 5.91 Å². The Hall–Kier alpha value is -2.56. The molecule has 0 saturated carbocycles. The van der Waals surface area contributed by atoms with Crippen molar-refractivity contribution in [1.29, 1.82) is 0 Å². The first kappa shape index (κ1) is 15.8. The van der Waals surface area contributed by atoms with Crippen LogP contribution in [-0.4, -0.2) is 20.1 Å². The SMILES string of the molecule is COc1cc(CNC(=O)c2ccc(C)c(F)c2)cc(OC)c1. The maximum atomic E-state index is 13.5. The van der Waals surface area contributed by atoms with Crippen LogP contribution in [0.15, 0.2) is 36.4 Å².